The van der Waals surface area contributed by atoms with Crippen LogP contribution in [-0.4, -0.2) is 27.0 Å². The minimum Gasteiger partial charge on any atom is -0.304 e. The fourth-order valence-electron chi connectivity index (χ4n) is 4.25. The number of halogens is 1. The molecule has 8 heteroatoms. The average Bonchev–Trinajstić information content (AvgIpc) is 3.45. The number of carbonyl (C=O) groups excluding carboxylic acids is 1. The molecule has 0 saturated heterocycles. The molecule has 6 rings (SSSR count). The summed E-state index contributed by atoms with van der Waals surface area (Å²) in [5.74, 6) is 0.264. The van der Waals surface area contributed by atoms with Crippen LogP contribution in [0.1, 0.15) is 5.56 Å². The standard InChI is InChI=1S/C25H15BrN4O2S/c1-2-12-29-19-11-10-15(26)13-18(19)20(23(29)31)21-24(32)30-25(33-21)27-22(28-30)17-9-5-7-14-6-3-4-8-16(14)17/h2-11,13H,1,12H2. The van der Waals surface area contributed by atoms with Gasteiger partial charge < -0.3 is 4.90 Å². The number of nitrogens with zero attached hydrogens (tertiary/aromatic N) is 4. The maximum Gasteiger partial charge on any atom is 0.291 e. The molecule has 0 radical (unpaired) electrons. The molecule has 0 saturated carbocycles. The van der Waals surface area contributed by atoms with E-state index in [0.717, 1.165) is 26.5 Å². The number of fused-ring (bicyclic) bond motifs is 3. The van der Waals surface area contributed by atoms with Gasteiger partial charge in [0.1, 0.15) is 4.53 Å². The van der Waals surface area contributed by atoms with Crippen LogP contribution in [-0.2, 0) is 4.79 Å². The SMILES string of the molecule is C=CCN1C(=O)C(=c2sc3nc(-c4cccc5ccccc45)nn3c2=O)c2cc(Br)ccc21. The smallest absolute Gasteiger partial charge is 0.291 e. The fourth-order valence-corrected chi connectivity index (χ4v) is 5.61. The molecule has 3 aromatic carbocycles. The van der Waals surface area contributed by atoms with Crippen molar-refractivity contribution in [2.75, 3.05) is 11.4 Å². The Morgan fingerprint density at radius 3 is 2.67 bits per heavy atom. The van der Waals surface area contributed by atoms with Crippen LogP contribution in [0.4, 0.5) is 5.69 Å². The lowest BCUT2D eigenvalue weighted by molar-refractivity contribution is -0.112. The lowest BCUT2D eigenvalue weighted by Crippen LogP contribution is -2.32. The normalized spacial score (nSPS) is 14.9. The second-order valence-electron chi connectivity index (χ2n) is 7.63. The van der Waals surface area contributed by atoms with Crippen LogP contribution in [0.15, 0.2) is 82.6 Å². The molecule has 1 aliphatic rings. The molecule has 0 N–H and O–H groups in total. The molecule has 33 heavy (non-hydrogen) atoms. The lowest BCUT2D eigenvalue weighted by Gasteiger charge is -2.14. The first-order valence-electron chi connectivity index (χ1n) is 10.2. The van der Waals surface area contributed by atoms with Gasteiger partial charge in [0, 0.05) is 22.1 Å². The van der Waals surface area contributed by atoms with Crippen LogP contribution in [0.25, 0.3) is 32.7 Å². The average molecular weight is 515 g/mol. The number of amides is 1. The third kappa shape index (κ3) is 2.98. The van der Waals surface area contributed by atoms with Crippen molar-refractivity contribution in [3.8, 4) is 11.4 Å². The summed E-state index contributed by atoms with van der Waals surface area (Å²) < 4.78 is 2.47. The van der Waals surface area contributed by atoms with E-state index in [0.29, 0.717) is 33.0 Å². The zero-order valence-electron chi connectivity index (χ0n) is 17.2. The van der Waals surface area contributed by atoms with Crippen molar-refractivity contribution in [2.24, 2.45) is 0 Å². The van der Waals surface area contributed by atoms with Gasteiger partial charge in [-0.05, 0) is 29.0 Å². The number of anilines is 1. The zero-order chi connectivity index (χ0) is 22.7. The Hall–Kier alpha value is -3.62. The van der Waals surface area contributed by atoms with Crippen molar-refractivity contribution in [1.82, 2.24) is 14.6 Å². The van der Waals surface area contributed by atoms with E-state index >= 15 is 0 Å². The number of benzene rings is 3. The summed E-state index contributed by atoms with van der Waals surface area (Å²) in [5.41, 5.74) is 2.37. The van der Waals surface area contributed by atoms with Gasteiger partial charge in [0.15, 0.2) is 5.82 Å². The van der Waals surface area contributed by atoms with Crippen LogP contribution in [0.2, 0.25) is 0 Å². The fraction of sp³-hybridized carbons (Fsp3) is 0.0400. The molecular weight excluding hydrogens is 500 g/mol. The molecule has 2 aromatic heterocycles. The molecule has 0 atom stereocenters. The van der Waals surface area contributed by atoms with Gasteiger partial charge in [-0.25, -0.2) is 0 Å². The highest BCUT2D eigenvalue weighted by Crippen LogP contribution is 2.37. The Morgan fingerprint density at radius 2 is 1.85 bits per heavy atom. The topological polar surface area (TPSA) is 67.6 Å². The minimum atomic E-state index is -0.344. The van der Waals surface area contributed by atoms with Gasteiger partial charge in [-0.3, -0.25) is 9.59 Å². The summed E-state index contributed by atoms with van der Waals surface area (Å²) in [7, 11) is 0. The molecular formula is C25H15BrN4O2S. The first-order valence-corrected chi connectivity index (χ1v) is 11.8. The van der Waals surface area contributed by atoms with Crippen molar-refractivity contribution in [3.63, 3.8) is 0 Å². The van der Waals surface area contributed by atoms with Crippen LogP contribution >= 0.6 is 27.3 Å². The third-order valence-corrected chi connectivity index (χ3v) is 7.23. The summed E-state index contributed by atoms with van der Waals surface area (Å²) >= 11 is 4.66. The van der Waals surface area contributed by atoms with Crippen molar-refractivity contribution in [1.29, 1.82) is 0 Å². The van der Waals surface area contributed by atoms with Gasteiger partial charge >= 0.3 is 0 Å². The van der Waals surface area contributed by atoms with E-state index in [9.17, 15) is 9.59 Å². The Balaban J connectivity index is 1.58. The molecule has 0 fully saturated rings. The number of thiazole rings is 1. The second-order valence-corrected chi connectivity index (χ2v) is 9.53. The van der Waals surface area contributed by atoms with Gasteiger partial charge in [0.05, 0.1) is 11.3 Å². The quantitative estimate of drug-likeness (QED) is 0.338. The number of aromatic nitrogens is 3. The number of hydrogen-bond donors (Lipinski definition) is 0. The van der Waals surface area contributed by atoms with Crippen molar-refractivity contribution >= 4 is 60.2 Å². The maximum absolute atomic E-state index is 13.4. The van der Waals surface area contributed by atoms with Gasteiger partial charge in [-0.1, -0.05) is 75.8 Å². The molecule has 3 heterocycles. The maximum atomic E-state index is 13.4. The van der Waals surface area contributed by atoms with E-state index in [1.54, 1.807) is 11.0 Å². The molecule has 0 unspecified atom stereocenters. The molecule has 160 valence electrons. The highest BCUT2D eigenvalue weighted by molar-refractivity contribution is 9.10. The molecule has 5 aromatic rings. The molecule has 0 spiro atoms. The number of hydrogen-bond acceptors (Lipinski definition) is 5. The predicted octanol–water partition coefficient (Wildman–Crippen LogP) is 4.18. The summed E-state index contributed by atoms with van der Waals surface area (Å²) in [6, 6.07) is 19.5. The predicted molar refractivity (Wildman–Crippen MR) is 134 cm³/mol. The van der Waals surface area contributed by atoms with Gasteiger partial charge in [-0.2, -0.15) is 9.50 Å². The first-order chi connectivity index (χ1) is 16.1. The summed E-state index contributed by atoms with van der Waals surface area (Å²) in [6.07, 6.45) is 1.67. The molecule has 1 amide bonds. The van der Waals surface area contributed by atoms with E-state index in [-0.39, 0.29) is 11.5 Å². The Bertz CT molecular complexity index is 1730. The van der Waals surface area contributed by atoms with E-state index in [1.165, 1.54) is 15.9 Å². The molecule has 0 aliphatic carbocycles. The van der Waals surface area contributed by atoms with Crippen molar-refractivity contribution in [2.45, 2.75) is 0 Å². The van der Waals surface area contributed by atoms with Crippen LogP contribution in [0.5, 0.6) is 0 Å². The van der Waals surface area contributed by atoms with Crippen molar-refractivity contribution in [3.05, 3.63) is 98.2 Å². The Labute approximate surface area is 200 Å². The number of rotatable bonds is 3. The van der Waals surface area contributed by atoms with Crippen molar-refractivity contribution < 1.29 is 4.79 Å². The first kappa shape index (κ1) is 20.0. The van der Waals surface area contributed by atoms with Crippen LogP contribution in [0, 0.1) is 0 Å². The summed E-state index contributed by atoms with van der Waals surface area (Å²) in [5, 5.41) is 6.61. The Morgan fingerprint density at radius 1 is 1.03 bits per heavy atom. The Kier molecular flexibility index (Phi) is 4.53. The molecule has 6 nitrogen and oxygen atoms in total. The van der Waals surface area contributed by atoms with E-state index in [1.807, 2.05) is 60.7 Å². The minimum absolute atomic E-state index is 0.223. The number of carbonyl (C=O) groups is 1. The highest BCUT2D eigenvalue weighted by atomic mass is 79.9. The van der Waals surface area contributed by atoms with Crippen LogP contribution in [0.3, 0.4) is 0 Å². The summed E-state index contributed by atoms with van der Waals surface area (Å²) in [4.78, 5) is 33.4. The van der Waals surface area contributed by atoms with E-state index in [2.05, 4.69) is 32.6 Å². The largest absolute Gasteiger partial charge is 0.304 e. The van der Waals surface area contributed by atoms with E-state index in [4.69, 9.17) is 0 Å². The summed E-state index contributed by atoms with van der Waals surface area (Å²) in [6.45, 7) is 4.11. The van der Waals surface area contributed by atoms with Gasteiger partial charge in [0.2, 0.25) is 4.96 Å². The third-order valence-electron chi connectivity index (χ3n) is 5.70. The van der Waals surface area contributed by atoms with Gasteiger partial charge in [0.25, 0.3) is 11.5 Å². The van der Waals surface area contributed by atoms with Gasteiger partial charge in [-0.15, -0.1) is 11.7 Å². The molecule has 0 bridgehead atoms. The van der Waals surface area contributed by atoms with E-state index < -0.39 is 0 Å². The second kappa shape index (κ2) is 7.47. The molecule has 1 aliphatic heterocycles. The zero-order valence-corrected chi connectivity index (χ0v) is 19.6. The lowest BCUT2D eigenvalue weighted by atomic mass is 10.0. The van der Waals surface area contributed by atoms with Crippen LogP contribution < -0.4 is 15.0 Å². The highest BCUT2D eigenvalue weighted by Gasteiger charge is 2.34. The monoisotopic (exact) mass is 514 g/mol.